The van der Waals surface area contributed by atoms with Gasteiger partial charge in [0, 0.05) is 0 Å². The SMILES string of the molecule is C=[N+]1C=C(C)C(C)=C[C-]1c1ccccc1C. The smallest absolute Gasteiger partial charge is 0.147 e. The van der Waals surface area contributed by atoms with Gasteiger partial charge >= 0.3 is 0 Å². The topological polar surface area (TPSA) is 3.01 Å². The number of rotatable bonds is 1. The number of allylic oxidation sites excluding steroid dienone is 2. The normalized spacial score (nSPS) is 15.9. The lowest BCUT2D eigenvalue weighted by Crippen LogP contribution is -2.16. The summed E-state index contributed by atoms with van der Waals surface area (Å²) in [6.07, 6.45) is 4.28. The Kier molecular flexibility index (Phi) is 2.69. The fraction of sp³-hybridized carbons (Fsp3) is 0.200. The Morgan fingerprint density at radius 2 is 1.75 bits per heavy atom. The summed E-state index contributed by atoms with van der Waals surface area (Å²) in [4.78, 5) is 0. The Morgan fingerprint density at radius 3 is 2.44 bits per heavy atom. The highest BCUT2D eigenvalue weighted by molar-refractivity contribution is 5.46. The molecular formula is C15H17N. The maximum Gasteiger partial charge on any atom is 0.147 e. The van der Waals surface area contributed by atoms with Gasteiger partial charge in [-0.25, -0.2) is 0 Å². The van der Waals surface area contributed by atoms with Crippen molar-refractivity contribution < 1.29 is 4.58 Å². The average molecular weight is 211 g/mol. The first-order valence-corrected chi connectivity index (χ1v) is 5.49. The highest BCUT2D eigenvalue weighted by atomic mass is 15.0. The zero-order valence-electron chi connectivity index (χ0n) is 10.1. The first-order chi connectivity index (χ1) is 7.59. The molecule has 0 fully saturated rings. The Hall–Kier alpha value is -1.76. The summed E-state index contributed by atoms with van der Waals surface area (Å²) in [5.74, 6) is 0. The van der Waals surface area contributed by atoms with Crippen molar-refractivity contribution in [3.05, 3.63) is 64.9 Å². The molecule has 0 spiro atoms. The lowest BCUT2D eigenvalue weighted by Gasteiger charge is -2.22. The van der Waals surface area contributed by atoms with Gasteiger partial charge in [-0.15, -0.1) is 6.07 Å². The number of benzene rings is 1. The highest BCUT2D eigenvalue weighted by Crippen LogP contribution is 2.28. The van der Waals surface area contributed by atoms with E-state index in [1.807, 2.05) is 4.58 Å². The lowest BCUT2D eigenvalue weighted by molar-refractivity contribution is -0.419. The molecule has 1 heteroatoms. The third-order valence-corrected chi connectivity index (χ3v) is 3.06. The predicted octanol–water partition coefficient (Wildman–Crippen LogP) is 3.45. The Bertz CT molecular complexity index is 492. The van der Waals surface area contributed by atoms with Crippen molar-refractivity contribution in [1.29, 1.82) is 0 Å². The van der Waals surface area contributed by atoms with Crippen molar-refractivity contribution in [3.8, 4) is 0 Å². The van der Waals surface area contributed by atoms with E-state index >= 15 is 0 Å². The standard InChI is InChI=1S/C15H17N/c1-11-7-5-6-8-14(11)15-9-12(2)13(3)10-16(15)4/h5-10H,4H2,1-3H3. The van der Waals surface area contributed by atoms with Gasteiger partial charge in [0.15, 0.2) is 0 Å². The summed E-state index contributed by atoms with van der Waals surface area (Å²) in [7, 11) is 0. The van der Waals surface area contributed by atoms with Crippen LogP contribution in [-0.4, -0.2) is 11.3 Å². The molecule has 0 saturated heterocycles. The number of aryl methyl sites for hydroxylation is 1. The van der Waals surface area contributed by atoms with E-state index in [-0.39, 0.29) is 0 Å². The van der Waals surface area contributed by atoms with Gasteiger partial charge in [-0.3, -0.25) is 4.58 Å². The van der Waals surface area contributed by atoms with E-state index < -0.39 is 0 Å². The highest BCUT2D eigenvalue weighted by Gasteiger charge is 2.18. The zero-order valence-corrected chi connectivity index (χ0v) is 10.1. The molecule has 0 N–H and O–H groups in total. The maximum absolute atomic E-state index is 4.06. The van der Waals surface area contributed by atoms with E-state index in [0.29, 0.717) is 0 Å². The zero-order chi connectivity index (χ0) is 11.7. The summed E-state index contributed by atoms with van der Waals surface area (Å²) < 4.78 is 1.95. The molecule has 2 rings (SSSR count). The number of nitrogens with zero attached hydrogens (tertiary/aromatic N) is 1. The number of hydrogen-bond donors (Lipinski definition) is 0. The molecule has 0 radical (unpaired) electrons. The van der Waals surface area contributed by atoms with Gasteiger partial charge in [-0.05, 0) is 24.1 Å². The average Bonchev–Trinajstić information content (AvgIpc) is 2.25. The molecule has 0 saturated carbocycles. The second-order valence-electron chi connectivity index (χ2n) is 4.31. The molecule has 0 aromatic heterocycles. The molecule has 0 bridgehead atoms. The molecule has 0 amide bonds. The molecule has 0 unspecified atom stereocenters. The van der Waals surface area contributed by atoms with Gasteiger partial charge in [-0.2, -0.15) is 0 Å². The van der Waals surface area contributed by atoms with E-state index in [0.717, 1.165) is 0 Å². The molecule has 1 aromatic rings. The van der Waals surface area contributed by atoms with Gasteiger partial charge in [0.1, 0.15) is 12.2 Å². The van der Waals surface area contributed by atoms with Crippen LogP contribution in [0.25, 0.3) is 0 Å². The summed E-state index contributed by atoms with van der Waals surface area (Å²) in [5, 5.41) is 0. The quantitative estimate of drug-likeness (QED) is 0.494. The summed E-state index contributed by atoms with van der Waals surface area (Å²) in [5.41, 5.74) is 5.11. The van der Waals surface area contributed by atoms with Crippen LogP contribution in [-0.2, 0) is 0 Å². The first kappa shape index (κ1) is 10.7. The molecule has 82 valence electrons. The molecule has 1 heterocycles. The van der Waals surface area contributed by atoms with E-state index in [2.05, 4.69) is 64.0 Å². The molecule has 0 atom stereocenters. The van der Waals surface area contributed by atoms with Gasteiger partial charge < -0.3 is 0 Å². The van der Waals surface area contributed by atoms with Crippen molar-refractivity contribution >= 4 is 6.72 Å². The van der Waals surface area contributed by atoms with Gasteiger partial charge in [-0.1, -0.05) is 43.2 Å². The van der Waals surface area contributed by atoms with Crippen LogP contribution >= 0.6 is 0 Å². The second kappa shape index (κ2) is 4.01. The fourth-order valence-electron chi connectivity index (χ4n) is 1.90. The summed E-state index contributed by atoms with van der Waals surface area (Å²) >= 11 is 0. The van der Waals surface area contributed by atoms with Crippen molar-refractivity contribution in [3.63, 3.8) is 0 Å². The molecule has 1 nitrogen and oxygen atoms in total. The van der Waals surface area contributed by atoms with Crippen molar-refractivity contribution in [1.82, 2.24) is 0 Å². The van der Waals surface area contributed by atoms with Crippen molar-refractivity contribution in [2.75, 3.05) is 0 Å². The molecule has 1 aliphatic rings. The number of hydrogen-bond acceptors (Lipinski definition) is 0. The van der Waals surface area contributed by atoms with Crippen LogP contribution in [0.15, 0.2) is 47.7 Å². The van der Waals surface area contributed by atoms with Crippen LogP contribution in [0.4, 0.5) is 0 Å². The van der Waals surface area contributed by atoms with Gasteiger partial charge in [0.05, 0.1) is 6.72 Å². The van der Waals surface area contributed by atoms with Crippen LogP contribution < -0.4 is 0 Å². The van der Waals surface area contributed by atoms with Crippen LogP contribution in [0.3, 0.4) is 0 Å². The van der Waals surface area contributed by atoms with Crippen LogP contribution in [0.5, 0.6) is 0 Å². The van der Waals surface area contributed by atoms with E-state index in [4.69, 9.17) is 0 Å². The largest absolute Gasteiger partial charge is 0.255 e. The van der Waals surface area contributed by atoms with E-state index in [9.17, 15) is 0 Å². The van der Waals surface area contributed by atoms with Gasteiger partial charge in [0.25, 0.3) is 0 Å². The molecule has 1 aromatic carbocycles. The maximum atomic E-state index is 4.06. The molecular weight excluding hydrogens is 194 g/mol. The monoisotopic (exact) mass is 211 g/mol. The first-order valence-electron chi connectivity index (χ1n) is 5.49. The molecule has 1 aliphatic heterocycles. The molecule has 16 heavy (non-hydrogen) atoms. The van der Waals surface area contributed by atoms with Crippen LogP contribution in [0.2, 0.25) is 0 Å². The van der Waals surface area contributed by atoms with E-state index in [1.165, 1.54) is 28.3 Å². The molecule has 0 aliphatic carbocycles. The Balaban J connectivity index is 2.45. The third-order valence-electron chi connectivity index (χ3n) is 3.06. The van der Waals surface area contributed by atoms with Crippen molar-refractivity contribution in [2.45, 2.75) is 20.8 Å². The Morgan fingerprint density at radius 1 is 1.06 bits per heavy atom. The second-order valence-corrected chi connectivity index (χ2v) is 4.31. The minimum atomic E-state index is 1.17. The third kappa shape index (κ3) is 1.81. The summed E-state index contributed by atoms with van der Waals surface area (Å²) in [6, 6.07) is 9.57. The predicted molar refractivity (Wildman–Crippen MR) is 68.4 cm³/mol. The van der Waals surface area contributed by atoms with Crippen LogP contribution in [0, 0.1) is 13.0 Å². The van der Waals surface area contributed by atoms with E-state index in [1.54, 1.807) is 0 Å². The summed E-state index contributed by atoms with van der Waals surface area (Å²) in [6.45, 7) is 10.4. The lowest BCUT2D eigenvalue weighted by atomic mass is 9.95. The minimum Gasteiger partial charge on any atom is -0.255 e. The fourth-order valence-corrected chi connectivity index (χ4v) is 1.90. The Labute approximate surface area is 97.4 Å². The van der Waals surface area contributed by atoms with Crippen molar-refractivity contribution in [2.24, 2.45) is 0 Å². The van der Waals surface area contributed by atoms with Gasteiger partial charge in [0.2, 0.25) is 0 Å². The van der Waals surface area contributed by atoms with Crippen LogP contribution in [0.1, 0.15) is 25.0 Å². The minimum absolute atomic E-state index is 1.17.